The summed E-state index contributed by atoms with van der Waals surface area (Å²) in [5.41, 5.74) is 5.60. The van der Waals surface area contributed by atoms with Crippen LogP contribution in [0.1, 0.15) is 40.0 Å². The van der Waals surface area contributed by atoms with Gasteiger partial charge in [0.05, 0.1) is 5.69 Å². The zero-order valence-electron chi connectivity index (χ0n) is 12.3. The number of sulfonamides is 1. The van der Waals surface area contributed by atoms with E-state index in [2.05, 4.69) is 0 Å². The topological polar surface area (TPSA) is 63.4 Å². The Morgan fingerprint density at radius 2 is 1.95 bits per heavy atom. The first kappa shape index (κ1) is 16.9. The summed E-state index contributed by atoms with van der Waals surface area (Å²) in [5.74, 6) is -0.800. The summed E-state index contributed by atoms with van der Waals surface area (Å²) in [4.78, 5) is -0.412. The molecule has 0 amide bonds. The van der Waals surface area contributed by atoms with E-state index in [1.807, 2.05) is 6.92 Å². The van der Waals surface area contributed by atoms with Crippen LogP contribution >= 0.6 is 0 Å². The fourth-order valence-corrected chi connectivity index (χ4v) is 3.93. The van der Waals surface area contributed by atoms with Gasteiger partial charge in [0.15, 0.2) is 0 Å². The second-order valence-corrected chi connectivity index (χ2v) is 6.90. The number of halogens is 1. The maximum Gasteiger partial charge on any atom is 0.248 e. The van der Waals surface area contributed by atoms with Crippen molar-refractivity contribution < 1.29 is 12.8 Å². The summed E-state index contributed by atoms with van der Waals surface area (Å²) in [5, 5.41) is 0. The average molecular weight is 302 g/mol. The highest BCUT2D eigenvalue weighted by Gasteiger charge is 2.30. The van der Waals surface area contributed by atoms with E-state index >= 15 is 0 Å². The Morgan fingerprint density at radius 1 is 1.30 bits per heavy atom. The van der Waals surface area contributed by atoms with E-state index in [-0.39, 0.29) is 11.7 Å². The van der Waals surface area contributed by atoms with E-state index in [0.29, 0.717) is 6.54 Å². The monoisotopic (exact) mass is 302 g/mol. The molecule has 114 valence electrons. The molecule has 0 spiro atoms. The molecule has 4 nitrogen and oxygen atoms in total. The number of nitrogens with two attached hydrogens (primary N) is 1. The maximum absolute atomic E-state index is 13.9. The number of rotatable bonds is 7. The van der Waals surface area contributed by atoms with Crippen molar-refractivity contribution in [1.29, 1.82) is 0 Å². The number of benzene rings is 1. The number of unbranched alkanes of at least 4 members (excludes halogenated alkanes) is 2. The summed E-state index contributed by atoms with van der Waals surface area (Å²) >= 11 is 0. The molecule has 0 unspecified atom stereocenters. The first-order chi connectivity index (χ1) is 9.32. The first-order valence-corrected chi connectivity index (χ1v) is 8.32. The van der Waals surface area contributed by atoms with E-state index in [4.69, 9.17) is 5.73 Å². The van der Waals surface area contributed by atoms with Crippen molar-refractivity contribution in [3.63, 3.8) is 0 Å². The molecule has 1 rings (SSSR count). The Hall–Kier alpha value is -1.14. The van der Waals surface area contributed by atoms with Gasteiger partial charge in [-0.3, -0.25) is 0 Å². The van der Waals surface area contributed by atoms with Crippen LogP contribution in [0.4, 0.5) is 10.1 Å². The molecule has 0 saturated heterocycles. The van der Waals surface area contributed by atoms with Crippen molar-refractivity contribution >= 4 is 15.7 Å². The van der Waals surface area contributed by atoms with E-state index in [1.165, 1.54) is 16.4 Å². The molecular formula is C14H23FN2O2S. The quantitative estimate of drug-likeness (QED) is 0.622. The number of hydrogen-bond acceptors (Lipinski definition) is 3. The van der Waals surface area contributed by atoms with Crippen molar-refractivity contribution in [2.24, 2.45) is 0 Å². The minimum Gasteiger partial charge on any atom is -0.398 e. The fraction of sp³-hybridized carbons (Fsp3) is 0.571. The average Bonchev–Trinajstić information content (AvgIpc) is 2.33. The summed E-state index contributed by atoms with van der Waals surface area (Å²) in [6, 6.07) is 3.69. The minimum absolute atomic E-state index is 0.0499. The molecule has 0 saturated carbocycles. The van der Waals surface area contributed by atoms with Gasteiger partial charge < -0.3 is 5.73 Å². The van der Waals surface area contributed by atoms with E-state index in [0.717, 1.165) is 25.3 Å². The van der Waals surface area contributed by atoms with Crippen LogP contribution in [0.3, 0.4) is 0 Å². The molecule has 0 heterocycles. The van der Waals surface area contributed by atoms with Gasteiger partial charge in [-0.15, -0.1) is 0 Å². The molecule has 1 aromatic rings. The molecule has 0 fully saturated rings. The summed E-state index contributed by atoms with van der Waals surface area (Å²) < 4.78 is 40.4. The number of nitrogen functional groups attached to an aromatic ring is 1. The predicted molar refractivity (Wildman–Crippen MR) is 79.4 cm³/mol. The van der Waals surface area contributed by atoms with Crippen LogP contribution in [-0.2, 0) is 10.0 Å². The van der Waals surface area contributed by atoms with Gasteiger partial charge in [-0.1, -0.05) is 25.8 Å². The predicted octanol–water partition coefficient (Wildman–Crippen LogP) is 3.00. The Kier molecular flexibility index (Phi) is 5.95. The van der Waals surface area contributed by atoms with E-state index in [1.54, 1.807) is 13.8 Å². The molecule has 0 bridgehead atoms. The lowest BCUT2D eigenvalue weighted by Crippen LogP contribution is -2.38. The molecule has 6 heteroatoms. The van der Waals surface area contributed by atoms with Crippen molar-refractivity contribution in [1.82, 2.24) is 4.31 Å². The highest BCUT2D eigenvalue weighted by molar-refractivity contribution is 7.89. The molecule has 0 radical (unpaired) electrons. The molecule has 0 aromatic heterocycles. The van der Waals surface area contributed by atoms with Crippen LogP contribution in [-0.4, -0.2) is 25.3 Å². The summed E-state index contributed by atoms with van der Waals surface area (Å²) in [7, 11) is -3.91. The second-order valence-electron chi connectivity index (χ2n) is 5.07. The summed E-state index contributed by atoms with van der Waals surface area (Å²) in [6.07, 6.45) is 2.68. The van der Waals surface area contributed by atoms with Crippen molar-refractivity contribution in [2.45, 2.75) is 51.0 Å². The van der Waals surface area contributed by atoms with Gasteiger partial charge in [-0.05, 0) is 32.4 Å². The Bertz CT molecular complexity index is 524. The SMILES string of the molecule is CCCCCN(C(C)C)S(=O)(=O)c1c(N)cccc1F. The van der Waals surface area contributed by atoms with Crippen molar-refractivity contribution in [2.75, 3.05) is 12.3 Å². The lowest BCUT2D eigenvalue weighted by Gasteiger charge is -2.26. The highest BCUT2D eigenvalue weighted by Crippen LogP contribution is 2.27. The van der Waals surface area contributed by atoms with Gasteiger partial charge in [0.1, 0.15) is 10.7 Å². The Morgan fingerprint density at radius 3 is 2.45 bits per heavy atom. The lowest BCUT2D eigenvalue weighted by molar-refractivity contribution is 0.344. The number of hydrogen-bond donors (Lipinski definition) is 1. The maximum atomic E-state index is 13.9. The normalized spacial score (nSPS) is 12.3. The van der Waals surface area contributed by atoms with Gasteiger partial charge >= 0.3 is 0 Å². The van der Waals surface area contributed by atoms with Gasteiger partial charge in [-0.25, -0.2) is 12.8 Å². The third-order valence-corrected chi connectivity index (χ3v) is 5.29. The van der Waals surface area contributed by atoms with Crippen LogP contribution in [0.5, 0.6) is 0 Å². The van der Waals surface area contributed by atoms with Gasteiger partial charge in [0.2, 0.25) is 10.0 Å². The molecule has 2 N–H and O–H groups in total. The summed E-state index contributed by atoms with van der Waals surface area (Å²) in [6.45, 7) is 5.98. The minimum atomic E-state index is -3.91. The third kappa shape index (κ3) is 3.70. The van der Waals surface area contributed by atoms with Crippen LogP contribution in [0.15, 0.2) is 23.1 Å². The van der Waals surface area contributed by atoms with Crippen molar-refractivity contribution in [3.05, 3.63) is 24.0 Å². The molecule has 1 aromatic carbocycles. The Balaban J connectivity index is 3.17. The molecule has 0 aliphatic rings. The molecular weight excluding hydrogens is 279 g/mol. The molecule has 0 aliphatic carbocycles. The number of nitrogens with zero attached hydrogens (tertiary/aromatic N) is 1. The first-order valence-electron chi connectivity index (χ1n) is 6.88. The molecule has 0 aliphatic heterocycles. The van der Waals surface area contributed by atoms with Gasteiger partial charge in [0.25, 0.3) is 0 Å². The van der Waals surface area contributed by atoms with Crippen LogP contribution in [0.25, 0.3) is 0 Å². The van der Waals surface area contributed by atoms with E-state index in [9.17, 15) is 12.8 Å². The standard InChI is InChI=1S/C14H23FN2O2S/c1-4-5-6-10-17(11(2)3)20(18,19)14-12(15)8-7-9-13(14)16/h7-9,11H,4-6,10,16H2,1-3H3. The Labute approximate surface area is 120 Å². The smallest absolute Gasteiger partial charge is 0.248 e. The zero-order valence-corrected chi connectivity index (χ0v) is 13.1. The molecule has 0 atom stereocenters. The number of anilines is 1. The zero-order chi connectivity index (χ0) is 15.3. The van der Waals surface area contributed by atoms with Crippen LogP contribution < -0.4 is 5.73 Å². The van der Waals surface area contributed by atoms with Crippen LogP contribution in [0.2, 0.25) is 0 Å². The second kappa shape index (κ2) is 7.04. The van der Waals surface area contributed by atoms with Crippen LogP contribution in [0, 0.1) is 5.82 Å². The lowest BCUT2D eigenvalue weighted by atomic mass is 10.2. The fourth-order valence-electron chi connectivity index (χ4n) is 2.09. The van der Waals surface area contributed by atoms with Crippen molar-refractivity contribution in [3.8, 4) is 0 Å². The molecule has 20 heavy (non-hydrogen) atoms. The largest absolute Gasteiger partial charge is 0.398 e. The van der Waals surface area contributed by atoms with Gasteiger partial charge in [-0.2, -0.15) is 4.31 Å². The highest BCUT2D eigenvalue weighted by atomic mass is 32.2. The van der Waals surface area contributed by atoms with E-state index < -0.39 is 20.7 Å². The van der Waals surface area contributed by atoms with Gasteiger partial charge in [0, 0.05) is 12.6 Å². The third-order valence-electron chi connectivity index (χ3n) is 3.12.